The third-order valence-electron chi connectivity index (χ3n) is 4.68. The summed E-state index contributed by atoms with van der Waals surface area (Å²) in [5.74, 6) is 7.04. The van der Waals surface area contributed by atoms with Gasteiger partial charge in [0.25, 0.3) is 0 Å². The Kier molecular flexibility index (Phi) is 11.8. The molecule has 4 heteroatoms. The number of aliphatic hydroxyl groups is 1. The smallest absolute Gasteiger partial charge is 0.0926 e. The maximum atomic E-state index is 10.0. The van der Waals surface area contributed by atoms with Crippen LogP contribution in [0.3, 0.4) is 0 Å². The molecule has 142 valence electrons. The van der Waals surface area contributed by atoms with Gasteiger partial charge in [-0.25, -0.2) is 5.84 Å². The number of rotatable bonds is 12. The highest BCUT2D eigenvalue weighted by atomic mass is 16.3. The molecule has 0 aromatic heterocycles. The standard InChI is InChI=1S/C21H37N3O/c1-8-12-18(14-16(5)10-3)24(22)20(15-25)21(23-7)19(13-9-2)17(6)11-4/h9,11,13,16,18,25H,2,7-8,10,12,14-15,22H2,1,3-6H3/b17-11-,19-13+,21-20-. The van der Waals surface area contributed by atoms with E-state index in [0.717, 1.165) is 36.8 Å². The summed E-state index contributed by atoms with van der Waals surface area (Å²) in [5, 5.41) is 11.7. The fraction of sp³-hybridized carbons (Fsp3) is 0.571. The summed E-state index contributed by atoms with van der Waals surface area (Å²) in [7, 11) is 0. The van der Waals surface area contributed by atoms with E-state index >= 15 is 0 Å². The summed E-state index contributed by atoms with van der Waals surface area (Å²) in [6.07, 6.45) is 9.69. The van der Waals surface area contributed by atoms with Crippen molar-refractivity contribution >= 4 is 6.72 Å². The van der Waals surface area contributed by atoms with Crippen LogP contribution in [0.2, 0.25) is 0 Å². The quantitative estimate of drug-likeness (QED) is 0.232. The van der Waals surface area contributed by atoms with Gasteiger partial charge >= 0.3 is 0 Å². The molecule has 0 rings (SSSR count). The van der Waals surface area contributed by atoms with Gasteiger partial charge in [0.15, 0.2) is 0 Å². The second-order valence-electron chi connectivity index (χ2n) is 6.50. The number of aliphatic hydroxyl groups excluding tert-OH is 1. The van der Waals surface area contributed by atoms with E-state index in [1.54, 1.807) is 11.1 Å². The van der Waals surface area contributed by atoms with Crippen LogP contribution < -0.4 is 5.84 Å². The van der Waals surface area contributed by atoms with E-state index in [1.807, 2.05) is 26.0 Å². The van der Waals surface area contributed by atoms with E-state index in [0.29, 0.717) is 17.3 Å². The molecule has 0 bridgehead atoms. The van der Waals surface area contributed by atoms with E-state index in [-0.39, 0.29) is 12.6 Å². The highest BCUT2D eigenvalue weighted by molar-refractivity contribution is 5.51. The molecule has 0 heterocycles. The van der Waals surface area contributed by atoms with Crippen LogP contribution in [0.4, 0.5) is 0 Å². The van der Waals surface area contributed by atoms with Gasteiger partial charge in [-0.2, -0.15) is 0 Å². The second kappa shape index (κ2) is 12.7. The fourth-order valence-corrected chi connectivity index (χ4v) is 2.84. The Balaban J connectivity index is 6.06. The lowest BCUT2D eigenvalue weighted by Gasteiger charge is -2.33. The van der Waals surface area contributed by atoms with E-state index in [2.05, 4.69) is 39.1 Å². The van der Waals surface area contributed by atoms with E-state index < -0.39 is 0 Å². The minimum atomic E-state index is -0.183. The van der Waals surface area contributed by atoms with Crippen LogP contribution in [0, 0.1) is 5.92 Å². The zero-order valence-corrected chi connectivity index (χ0v) is 16.8. The first-order valence-corrected chi connectivity index (χ1v) is 9.22. The fourth-order valence-electron chi connectivity index (χ4n) is 2.84. The molecule has 0 aliphatic heterocycles. The Labute approximate surface area is 154 Å². The Morgan fingerprint density at radius 3 is 2.40 bits per heavy atom. The SMILES string of the molecule is C=C/C=C(C(\C)=C/C)/C(N=C)=C(\CO)N(N)C(CCC)CC(C)CC. The lowest BCUT2D eigenvalue weighted by atomic mass is 9.95. The molecule has 0 saturated heterocycles. The Morgan fingerprint density at radius 2 is 2.00 bits per heavy atom. The van der Waals surface area contributed by atoms with Crippen molar-refractivity contribution in [1.29, 1.82) is 0 Å². The number of hydrogen-bond acceptors (Lipinski definition) is 4. The van der Waals surface area contributed by atoms with Gasteiger partial charge in [-0.15, -0.1) is 0 Å². The van der Waals surface area contributed by atoms with Gasteiger partial charge in [-0.3, -0.25) is 4.99 Å². The molecular formula is C21H37N3O. The molecule has 0 aliphatic carbocycles. The Bertz CT molecular complexity index is 517. The van der Waals surface area contributed by atoms with Gasteiger partial charge < -0.3 is 10.1 Å². The van der Waals surface area contributed by atoms with Gasteiger partial charge in [-0.1, -0.05) is 58.4 Å². The predicted octanol–water partition coefficient (Wildman–Crippen LogP) is 4.75. The van der Waals surface area contributed by atoms with Gasteiger partial charge in [0.2, 0.25) is 0 Å². The summed E-state index contributed by atoms with van der Waals surface area (Å²) >= 11 is 0. The molecule has 0 radical (unpaired) electrons. The largest absolute Gasteiger partial charge is 0.390 e. The molecule has 2 atom stereocenters. The van der Waals surface area contributed by atoms with Gasteiger partial charge in [-0.05, 0) is 44.9 Å². The van der Waals surface area contributed by atoms with Crippen molar-refractivity contribution in [1.82, 2.24) is 5.01 Å². The van der Waals surface area contributed by atoms with E-state index in [9.17, 15) is 5.11 Å². The second-order valence-corrected chi connectivity index (χ2v) is 6.50. The number of nitrogens with zero attached hydrogens (tertiary/aromatic N) is 2. The van der Waals surface area contributed by atoms with E-state index in [4.69, 9.17) is 5.84 Å². The average Bonchev–Trinajstić information content (AvgIpc) is 2.62. The lowest BCUT2D eigenvalue weighted by Crippen LogP contribution is -2.43. The first kappa shape index (κ1) is 23.4. The monoisotopic (exact) mass is 347 g/mol. The maximum absolute atomic E-state index is 10.0. The van der Waals surface area contributed by atoms with Gasteiger partial charge in [0.05, 0.1) is 18.0 Å². The van der Waals surface area contributed by atoms with Crippen molar-refractivity contribution in [2.75, 3.05) is 6.61 Å². The summed E-state index contributed by atoms with van der Waals surface area (Å²) < 4.78 is 0. The van der Waals surface area contributed by atoms with Crippen molar-refractivity contribution in [2.24, 2.45) is 16.8 Å². The number of aliphatic imine (C=N–C) groups is 1. The minimum absolute atomic E-state index is 0.162. The first-order valence-electron chi connectivity index (χ1n) is 9.22. The van der Waals surface area contributed by atoms with Crippen LogP contribution in [0.25, 0.3) is 0 Å². The molecule has 3 N–H and O–H groups in total. The molecule has 0 aromatic rings. The molecule has 4 nitrogen and oxygen atoms in total. The Morgan fingerprint density at radius 1 is 1.36 bits per heavy atom. The highest BCUT2D eigenvalue weighted by Gasteiger charge is 2.23. The third-order valence-corrected chi connectivity index (χ3v) is 4.68. The lowest BCUT2D eigenvalue weighted by molar-refractivity contribution is 0.173. The van der Waals surface area contributed by atoms with Crippen LogP contribution >= 0.6 is 0 Å². The summed E-state index contributed by atoms with van der Waals surface area (Å²) in [6.45, 7) is 17.9. The van der Waals surface area contributed by atoms with Crippen molar-refractivity contribution in [2.45, 2.75) is 66.3 Å². The van der Waals surface area contributed by atoms with Crippen molar-refractivity contribution in [3.8, 4) is 0 Å². The number of hydrazine groups is 1. The molecule has 25 heavy (non-hydrogen) atoms. The average molecular weight is 348 g/mol. The number of hydrogen-bond donors (Lipinski definition) is 2. The molecule has 0 saturated carbocycles. The Hall–Kier alpha value is -1.65. The summed E-state index contributed by atoms with van der Waals surface area (Å²) in [4.78, 5) is 4.20. The van der Waals surface area contributed by atoms with Crippen LogP contribution in [0.15, 0.2) is 52.3 Å². The van der Waals surface area contributed by atoms with Crippen molar-refractivity contribution < 1.29 is 5.11 Å². The highest BCUT2D eigenvalue weighted by Crippen LogP contribution is 2.27. The van der Waals surface area contributed by atoms with E-state index in [1.165, 1.54) is 0 Å². The van der Waals surface area contributed by atoms with Crippen molar-refractivity contribution in [3.63, 3.8) is 0 Å². The summed E-state index contributed by atoms with van der Waals surface area (Å²) in [6, 6.07) is 0.162. The number of allylic oxidation sites excluding steroid dienone is 4. The van der Waals surface area contributed by atoms with Crippen LogP contribution in [0.1, 0.15) is 60.3 Å². The first-order chi connectivity index (χ1) is 11.9. The zero-order valence-electron chi connectivity index (χ0n) is 16.8. The molecule has 0 aromatic carbocycles. The summed E-state index contributed by atoms with van der Waals surface area (Å²) in [5.41, 5.74) is 3.14. The molecule has 0 spiro atoms. The molecular weight excluding hydrogens is 310 g/mol. The number of nitrogens with two attached hydrogens (primary N) is 1. The minimum Gasteiger partial charge on any atom is -0.390 e. The normalized spacial score (nSPS) is 16.1. The van der Waals surface area contributed by atoms with Crippen LogP contribution in [-0.2, 0) is 0 Å². The van der Waals surface area contributed by atoms with Gasteiger partial charge in [0.1, 0.15) is 0 Å². The third kappa shape index (κ3) is 7.00. The molecule has 0 amide bonds. The topological polar surface area (TPSA) is 61.9 Å². The zero-order chi connectivity index (χ0) is 19.4. The molecule has 0 aliphatic rings. The van der Waals surface area contributed by atoms with Crippen molar-refractivity contribution in [3.05, 3.63) is 47.3 Å². The predicted molar refractivity (Wildman–Crippen MR) is 110 cm³/mol. The molecule has 0 fully saturated rings. The van der Waals surface area contributed by atoms with Crippen LogP contribution in [-0.4, -0.2) is 29.5 Å². The maximum Gasteiger partial charge on any atom is 0.0926 e. The van der Waals surface area contributed by atoms with Crippen LogP contribution in [0.5, 0.6) is 0 Å². The molecule has 2 unspecified atom stereocenters. The van der Waals surface area contributed by atoms with Gasteiger partial charge in [0, 0.05) is 11.6 Å².